The molecule has 0 fully saturated rings. The number of hydrogen-bond acceptors (Lipinski definition) is 4. The van der Waals surface area contributed by atoms with E-state index in [1.807, 2.05) is 29.3 Å². The van der Waals surface area contributed by atoms with E-state index in [1.165, 1.54) is 12.1 Å². The van der Waals surface area contributed by atoms with E-state index in [1.54, 1.807) is 29.1 Å². The van der Waals surface area contributed by atoms with E-state index in [2.05, 4.69) is 0 Å². The second kappa shape index (κ2) is 5.35. The SMILES string of the molecule is CN1C(=O)C2=C(O)CN(Cc3ccc(F)cc3)N2c2ccccc21. The highest BCUT2D eigenvalue weighted by atomic mass is 19.1. The van der Waals surface area contributed by atoms with Gasteiger partial charge < -0.3 is 10.0 Å². The molecule has 0 radical (unpaired) electrons. The number of anilines is 2. The lowest BCUT2D eigenvalue weighted by Gasteiger charge is -2.38. The van der Waals surface area contributed by atoms with E-state index in [0.717, 1.165) is 16.9 Å². The van der Waals surface area contributed by atoms with Crippen LogP contribution in [0.1, 0.15) is 5.56 Å². The molecule has 2 aliphatic heterocycles. The Morgan fingerprint density at radius 1 is 1.08 bits per heavy atom. The standard InChI is InChI=1S/C18H16FN3O2/c1-20-14-4-2-3-5-15(14)22-17(18(20)24)16(23)11-21(22)10-12-6-8-13(19)9-7-12/h2-9,23H,10-11H2,1H3. The van der Waals surface area contributed by atoms with Gasteiger partial charge in [0.25, 0.3) is 5.91 Å². The zero-order chi connectivity index (χ0) is 16.8. The number of nitrogens with zero attached hydrogens (tertiary/aromatic N) is 3. The van der Waals surface area contributed by atoms with Gasteiger partial charge >= 0.3 is 0 Å². The van der Waals surface area contributed by atoms with Gasteiger partial charge in [0.1, 0.15) is 11.6 Å². The summed E-state index contributed by atoms with van der Waals surface area (Å²) in [5, 5.41) is 14.0. The number of benzene rings is 2. The number of hydrogen-bond donors (Lipinski definition) is 1. The maximum absolute atomic E-state index is 13.1. The molecule has 2 aromatic carbocycles. The quantitative estimate of drug-likeness (QED) is 0.922. The van der Waals surface area contributed by atoms with Crippen LogP contribution in [0.25, 0.3) is 0 Å². The first-order chi connectivity index (χ1) is 11.6. The van der Waals surface area contributed by atoms with Crippen molar-refractivity contribution in [1.82, 2.24) is 5.01 Å². The van der Waals surface area contributed by atoms with E-state index in [0.29, 0.717) is 6.54 Å². The number of fused-ring (bicyclic) bond motifs is 3. The second-order valence-electron chi connectivity index (χ2n) is 5.91. The number of halogens is 1. The van der Waals surface area contributed by atoms with Crippen molar-refractivity contribution in [2.75, 3.05) is 23.5 Å². The first-order valence-corrected chi connectivity index (χ1v) is 7.65. The molecule has 6 heteroatoms. The summed E-state index contributed by atoms with van der Waals surface area (Å²) in [6.45, 7) is 0.694. The minimum atomic E-state index is -0.290. The van der Waals surface area contributed by atoms with Crippen molar-refractivity contribution < 1.29 is 14.3 Å². The summed E-state index contributed by atoms with van der Waals surface area (Å²) in [6.07, 6.45) is 0. The van der Waals surface area contributed by atoms with Gasteiger partial charge in [0.05, 0.1) is 17.9 Å². The van der Waals surface area contributed by atoms with Crippen LogP contribution in [0.4, 0.5) is 15.8 Å². The summed E-state index contributed by atoms with van der Waals surface area (Å²) >= 11 is 0. The number of hydrazine groups is 1. The predicted molar refractivity (Wildman–Crippen MR) is 88.8 cm³/mol. The topological polar surface area (TPSA) is 47.0 Å². The van der Waals surface area contributed by atoms with Crippen LogP contribution in [0, 0.1) is 5.82 Å². The van der Waals surface area contributed by atoms with Crippen molar-refractivity contribution in [3.05, 3.63) is 71.4 Å². The first kappa shape index (κ1) is 14.7. The summed E-state index contributed by atoms with van der Waals surface area (Å²) in [4.78, 5) is 14.2. The highest BCUT2D eigenvalue weighted by molar-refractivity contribution is 6.13. The molecule has 2 aromatic rings. The van der Waals surface area contributed by atoms with Crippen LogP contribution in [-0.2, 0) is 11.3 Å². The van der Waals surface area contributed by atoms with Crippen LogP contribution in [0.5, 0.6) is 0 Å². The van der Waals surface area contributed by atoms with Crippen molar-refractivity contribution in [2.45, 2.75) is 6.54 Å². The van der Waals surface area contributed by atoms with Crippen molar-refractivity contribution in [3.63, 3.8) is 0 Å². The van der Waals surface area contributed by atoms with E-state index >= 15 is 0 Å². The van der Waals surface area contributed by atoms with Crippen molar-refractivity contribution in [3.8, 4) is 0 Å². The first-order valence-electron chi connectivity index (χ1n) is 7.65. The fraction of sp³-hybridized carbons (Fsp3) is 0.167. The van der Waals surface area contributed by atoms with Crippen LogP contribution in [-0.4, -0.2) is 29.6 Å². The van der Waals surface area contributed by atoms with Crippen LogP contribution in [0.15, 0.2) is 60.0 Å². The zero-order valence-electron chi connectivity index (χ0n) is 13.1. The van der Waals surface area contributed by atoms with Crippen LogP contribution >= 0.6 is 0 Å². The normalized spacial score (nSPS) is 17.3. The van der Waals surface area contributed by atoms with Gasteiger partial charge in [-0.05, 0) is 29.8 Å². The molecule has 5 nitrogen and oxygen atoms in total. The molecule has 0 aromatic heterocycles. The lowest BCUT2D eigenvalue weighted by molar-refractivity contribution is -0.115. The summed E-state index contributed by atoms with van der Waals surface area (Å²) in [5.41, 5.74) is 2.79. The number of carbonyl (C=O) groups excluding carboxylic acids is 1. The average Bonchev–Trinajstić information content (AvgIpc) is 2.91. The van der Waals surface area contributed by atoms with Crippen LogP contribution in [0.3, 0.4) is 0 Å². The summed E-state index contributed by atoms with van der Waals surface area (Å²) in [7, 11) is 1.70. The summed E-state index contributed by atoms with van der Waals surface area (Å²) in [5.74, 6) is -0.488. The Morgan fingerprint density at radius 3 is 2.46 bits per heavy atom. The maximum Gasteiger partial charge on any atom is 0.279 e. The van der Waals surface area contributed by atoms with E-state index in [4.69, 9.17) is 0 Å². The molecule has 0 unspecified atom stereocenters. The van der Waals surface area contributed by atoms with E-state index in [9.17, 15) is 14.3 Å². The predicted octanol–water partition coefficient (Wildman–Crippen LogP) is 2.81. The van der Waals surface area contributed by atoms with E-state index < -0.39 is 0 Å². The van der Waals surface area contributed by atoms with Gasteiger partial charge in [0.2, 0.25) is 0 Å². The number of aliphatic hydroxyl groups is 1. The Bertz CT molecular complexity index is 848. The molecule has 4 rings (SSSR count). The second-order valence-corrected chi connectivity index (χ2v) is 5.91. The van der Waals surface area contributed by atoms with Crippen LogP contribution in [0.2, 0.25) is 0 Å². The van der Waals surface area contributed by atoms with Gasteiger partial charge in [-0.15, -0.1) is 0 Å². The number of rotatable bonds is 2. The summed E-state index contributed by atoms with van der Waals surface area (Å²) in [6, 6.07) is 13.8. The molecule has 0 spiro atoms. The van der Waals surface area contributed by atoms with Gasteiger partial charge in [-0.1, -0.05) is 24.3 Å². The molecule has 2 heterocycles. The average molecular weight is 325 g/mol. The maximum atomic E-state index is 13.1. The van der Waals surface area contributed by atoms with Crippen molar-refractivity contribution in [1.29, 1.82) is 0 Å². The number of likely N-dealkylation sites (N-methyl/N-ethyl adjacent to an activating group) is 1. The Morgan fingerprint density at radius 2 is 1.75 bits per heavy atom. The zero-order valence-corrected chi connectivity index (χ0v) is 13.1. The molecule has 1 amide bonds. The molecule has 24 heavy (non-hydrogen) atoms. The third-order valence-corrected chi connectivity index (χ3v) is 4.36. The molecule has 0 saturated heterocycles. The van der Waals surface area contributed by atoms with Gasteiger partial charge in [-0.3, -0.25) is 9.80 Å². The minimum Gasteiger partial charge on any atom is -0.508 e. The highest BCUT2D eigenvalue weighted by Gasteiger charge is 2.42. The number of amides is 1. The van der Waals surface area contributed by atoms with Crippen LogP contribution < -0.4 is 9.91 Å². The molecule has 1 N–H and O–H groups in total. The molecule has 0 saturated carbocycles. The highest BCUT2D eigenvalue weighted by Crippen LogP contribution is 2.41. The smallest absolute Gasteiger partial charge is 0.279 e. The third-order valence-electron chi connectivity index (χ3n) is 4.36. The van der Waals surface area contributed by atoms with Gasteiger partial charge in [-0.25, -0.2) is 9.40 Å². The summed E-state index contributed by atoms with van der Waals surface area (Å²) < 4.78 is 13.1. The lowest BCUT2D eigenvalue weighted by Crippen LogP contribution is -2.46. The fourth-order valence-electron chi connectivity index (χ4n) is 3.19. The molecule has 0 bridgehead atoms. The Hall–Kier alpha value is -2.86. The molecular weight excluding hydrogens is 309 g/mol. The molecular formula is C18H16FN3O2. The van der Waals surface area contributed by atoms with Crippen molar-refractivity contribution in [2.24, 2.45) is 0 Å². The van der Waals surface area contributed by atoms with Gasteiger partial charge in [0.15, 0.2) is 5.70 Å². The monoisotopic (exact) mass is 325 g/mol. The van der Waals surface area contributed by atoms with E-state index in [-0.39, 0.29) is 29.7 Å². The minimum absolute atomic E-state index is 0.0449. The molecule has 0 aliphatic carbocycles. The van der Waals surface area contributed by atoms with Gasteiger partial charge in [0, 0.05) is 13.6 Å². The Kier molecular flexibility index (Phi) is 3.28. The fourth-order valence-corrected chi connectivity index (χ4v) is 3.19. The molecule has 2 aliphatic rings. The third kappa shape index (κ3) is 2.15. The molecule has 0 atom stereocenters. The molecule has 122 valence electrons. The largest absolute Gasteiger partial charge is 0.508 e. The Balaban J connectivity index is 1.74. The van der Waals surface area contributed by atoms with Gasteiger partial charge in [-0.2, -0.15) is 0 Å². The number of para-hydroxylation sites is 2. The number of carbonyl (C=O) groups is 1. The Labute approximate surface area is 138 Å². The lowest BCUT2D eigenvalue weighted by atomic mass is 10.1. The van der Waals surface area contributed by atoms with Crippen molar-refractivity contribution >= 4 is 17.3 Å². The number of aliphatic hydroxyl groups excluding tert-OH is 1.